The van der Waals surface area contributed by atoms with Gasteiger partial charge in [0.1, 0.15) is 12.4 Å². The second-order valence-electron chi connectivity index (χ2n) is 5.55. The van der Waals surface area contributed by atoms with E-state index >= 15 is 0 Å². The Labute approximate surface area is 151 Å². The van der Waals surface area contributed by atoms with Gasteiger partial charge in [-0.1, -0.05) is 18.2 Å². The molecule has 1 amide bonds. The highest BCUT2D eigenvalue weighted by Gasteiger charge is 2.11. The first kappa shape index (κ1) is 20.7. The molecule has 0 aliphatic rings. The van der Waals surface area contributed by atoms with Gasteiger partial charge >= 0.3 is 0 Å². The number of halogens is 3. The van der Waals surface area contributed by atoms with E-state index in [0.29, 0.717) is 18.5 Å². The first-order valence-corrected chi connectivity index (χ1v) is 7.66. The molecule has 7 heteroatoms. The number of benzene rings is 2. The topological polar surface area (TPSA) is 64.3 Å². The fourth-order valence-corrected chi connectivity index (χ4v) is 2.21. The summed E-state index contributed by atoms with van der Waals surface area (Å²) >= 11 is 0. The molecule has 0 radical (unpaired) electrons. The number of rotatable bonds is 7. The molecular formula is C18H21ClF2N2O2. The maximum atomic E-state index is 13.4. The van der Waals surface area contributed by atoms with Gasteiger partial charge in [0.25, 0.3) is 0 Å². The molecule has 2 aromatic rings. The number of hydrogen-bond donors (Lipinski definition) is 2. The van der Waals surface area contributed by atoms with Crippen LogP contribution >= 0.6 is 12.4 Å². The summed E-state index contributed by atoms with van der Waals surface area (Å²) in [5, 5.41) is 2.77. The Kier molecular flexibility index (Phi) is 8.15. The van der Waals surface area contributed by atoms with Gasteiger partial charge in [-0.2, -0.15) is 0 Å². The summed E-state index contributed by atoms with van der Waals surface area (Å²) in [5.74, 6) is -1.63. The van der Waals surface area contributed by atoms with Crippen molar-refractivity contribution in [3.8, 4) is 5.75 Å². The monoisotopic (exact) mass is 370 g/mol. The van der Waals surface area contributed by atoms with E-state index in [1.807, 2.05) is 18.2 Å². The fraction of sp³-hybridized carbons (Fsp3) is 0.278. The number of para-hydroxylation sites is 1. The van der Waals surface area contributed by atoms with Crippen LogP contribution in [0, 0.1) is 11.6 Å². The summed E-state index contributed by atoms with van der Waals surface area (Å²) < 4.78 is 31.5. The molecule has 0 bridgehead atoms. The average molecular weight is 371 g/mol. The molecule has 0 aliphatic heterocycles. The van der Waals surface area contributed by atoms with Crippen molar-refractivity contribution >= 4 is 24.0 Å². The molecular weight excluding hydrogens is 350 g/mol. The second kappa shape index (κ2) is 9.84. The number of nitrogens with two attached hydrogens (primary N) is 1. The van der Waals surface area contributed by atoms with Gasteiger partial charge in [-0.05, 0) is 37.1 Å². The maximum Gasteiger partial charge on any atom is 0.220 e. The maximum absolute atomic E-state index is 13.4. The van der Waals surface area contributed by atoms with Crippen LogP contribution in [-0.2, 0) is 11.2 Å². The van der Waals surface area contributed by atoms with Crippen molar-refractivity contribution < 1.29 is 18.3 Å². The normalized spacial score (nSPS) is 11.3. The smallest absolute Gasteiger partial charge is 0.220 e. The lowest BCUT2D eigenvalue weighted by Crippen LogP contribution is -2.37. The minimum atomic E-state index is -0.770. The Morgan fingerprint density at radius 1 is 1.24 bits per heavy atom. The van der Waals surface area contributed by atoms with Crippen LogP contribution < -0.4 is 15.8 Å². The summed E-state index contributed by atoms with van der Waals surface area (Å²) in [6.45, 7) is 1.83. The van der Waals surface area contributed by atoms with Crippen molar-refractivity contribution in [2.45, 2.75) is 25.8 Å². The SMILES string of the molecule is CC(COc1ccc(F)cc1F)NC(=O)CCc1ccccc1N.Cl. The van der Waals surface area contributed by atoms with Gasteiger partial charge in [0, 0.05) is 18.2 Å². The molecule has 0 aromatic heterocycles. The molecule has 3 N–H and O–H groups in total. The predicted molar refractivity (Wildman–Crippen MR) is 95.9 cm³/mol. The summed E-state index contributed by atoms with van der Waals surface area (Å²) in [6, 6.07) is 10.2. The first-order chi connectivity index (χ1) is 11.5. The Hall–Kier alpha value is -2.34. The number of amides is 1. The van der Waals surface area contributed by atoms with Crippen molar-refractivity contribution in [3.63, 3.8) is 0 Å². The Balaban J connectivity index is 0.00000312. The number of carbonyl (C=O) groups is 1. The highest BCUT2D eigenvalue weighted by Crippen LogP contribution is 2.17. The molecule has 2 rings (SSSR count). The van der Waals surface area contributed by atoms with Gasteiger partial charge in [0.15, 0.2) is 11.6 Å². The van der Waals surface area contributed by atoms with E-state index in [-0.39, 0.29) is 36.7 Å². The zero-order chi connectivity index (χ0) is 17.5. The molecule has 1 atom stereocenters. The van der Waals surface area contributed by atoms with E-state index < -0.39 is 11.6 Å². The number of ether oxygens (including phenoxy) is 1. The number of nitrogens with one attached hydrogen (secondary N) is 1. The highest BCUT2D eigenvalue weighted by molar-refractivity contribution is 5.85. The van der Waals surface area contributed by atoms with Crippen LogP contribution in [-0.4, -0.2) is 18.6 Å². The van der Waals surface area contributed by atoms with Crippen molar-refractivity contribution in [1.29, 1.82) is 0 Å². The Morgan fingerprint density at radius 2 is 1.96 bits per heavy atom. The Bertz CT molecular complexity index is 713. The first-order valence-electron chi connectivity index (χ1n) is 7.66. The van der Waals surface area contributed by atoms with Crippen LogP contribution in [0.3, 0.4) is 0 Å². The zero-order valence-corrected chi connectivity index (χ0v) is 14.6. The lowest BCUT2D eigenvalue weighted by atomic mass is 10.1. The second-order valence-corrected chi connectivity index (χ2v) is 5.55. The van der Waals surface area contributed by atoms with Gasteiger partial charge in [-0.25, -0.2) is 8.78 Å². The van der Waals surface area contributed by atoms with Crippen LogP contribution in [0.5, 0.6) is 5.75 Å². The molecule has 1 unspecified atom stereocenters. The molecule has 25 heavy (non-hydrogen) atoms. The molecule has 2 aromatic carbocycles. The highest BCUT2D eigenvalue weighted by atomic mass is 35.5. The van der Waals surface area contributed by atoms with Crippen molar-refractivity contribution in [2.24, 2.45) is 0 Å². The summed E-state index contributed by atoms with van der Waals surface area (Å²) in [4.78, 5) is 11.9. The molecule has 0 saturated carbocycles. The molecule has 0 fully saturated rings. The largest absolute Gasteiger partial charge is 0.488 e. The van der Waals surface area contributed by atoms with E-state index in [0.717, 1.165) is 17.7 Å². The number of anilines is 1. The van der Waals surface area contributed by atoms with Crippen molar-refractivity contribution in [2.75, 3.05) is 12.3 Å². The van der Waals surface area contributed by atoms with Crippen LogP contribution in [0.1, 0.15) is 18.9 Å². The quantitative estimate of drug-likeness (QED) is 0.733. The lowest BCUT2D eigenvalue weighted by Gasteiger charge is -2.15. The van der Waals surface area contributed by atoms with Crippen LogP contribution in [0.15, 0.2) is 42.5 Å². The number of aryl methyl sites for hydroxylation is 1. The minimum Gasteiger partial charge on any atom is -0.488 e. The van der Waals surface area contributed by atoms with Crippen LogP contribution in [0.4, 0.5) is 14.5 Å². The minimum absolute atomic E-state index is 0. The summed E-state index contributed by atoms with van der Waals surface area (Å²) in [6.07, 6.45) is 0.835. The molecule has 136 valence electrons. The van der Waals surface area contributed by atoms with E-state index in [1.54, 1.807) is 13.0 Å². The summed E-state index contributed by atoms with van der Waals surface area (Å²) in [5.41, 5.74) is 7.41. The van der Waals surface area contributed by atoms with Crippen LogP contribution in [0.25, 0.3) is 0 Å². The zero-order valence-electron chi connectivity index (χ0n) is 13.8. The van der Waals surface area contributed by atoms with E-state index in [1.165, 1.54) is 6.07 Å². The standard InChI is InChI=1S/C18H20F2N2O2.ClH/c1-12(11-24-17-8-7-14(19)10-15(17)20)22-18(23)9-6-13-4-2-3-5-16(13)21;/h2-5,7-8,10,12H,6,9,11,21H2,1H3,(H,22,23);1H. The number of carbonyl (C=O) groups excluding carboxylic acids is 1. The van der Waals surface area contributed by atoms with Gasteiger partial charge in [0.2, 0.25) is 5.91 Å². The average Bonchev–Trinajstić information content (AvgIpc) is 2.53. The number of nitrogen functional groups attached to an aromatic ring is 1. The van der Waals surface area contributed by atoms with E-state index in [2.05, 4.69) is 5.32 Å². The third kappa shape index (κ3) is 6.58. The van der Waals surface area contributed by atoms with Gasteiger partial charge in [-0.15, -0.1) is 12.4 Å². The fourth-order valence-electron chi connectivity index (χ4n) is 2.21. The molecule has 0 saturated heterocycles. The molecule has 0 spiro atoms. The van der Waals surface area contributed by atoms with Gasteiger partial charge in [0.05, 0.1) is 6.04 Å². The lowest BCUT2D eigenvalue weighted by molar-refractivity contribution is -0.121. The Morgan fingerprint density at radius 3 is 2.64 bits per heavy atom. The summed E-state index contributed by atoms with van der Waals surface area (Å²) in [7, 11) is 0. The predicted octanol–water partition coefficient (Wildman–Crippen LogP) is 3.49. The molecule has 0 aliphatic carbocycles. The van der Waals surface area contributed by atoms with Crippen molar-refractivity contribution in [1.82, 2.24) is 5.32 Å². The molecule has 0 heterocycles. The molecule has 4 nitrogen and oxygen atoms in total. The van der Waals surface area contributed by atoms with E-state index in [9.17, 15) is 13.6 Å². The third-order valence-electron chi connectivity index (χ3n) is 3.47. The third-order valence-corrected chi connectivity index (χ3v) is 3.47. The van der Waals surface area contributed by atoms with E-state index in [4.69, 9.17) is 10.5 Å². The van der Waals surface area contributed by atoms with Crippen molar-refractivity contribution in [3.05, 3.63) is 59.7 Å². The van der Waals surface area contributed by atoms with Crippen LogP contribution in [0.2, 0.25) is 0 Å². The van der Waals surface area contributed by atoms with Gasteiger partial charge < -0.3 is 15.8 Å². The number of hydrogen-bond acceptors (Lipinski definition) is 3. The van der Waals surface area contributed by atoms with Gasteiger partial charge in [-0.3, -0.25) is 4.79 Å².